The third kappa shape index (κ3) is 2.53. The van der Waals surface area contributed by atoms with Crippen molar-refractivity contribution in [2.24, 2.45) is 10.9 Å². The van der Waals surface area contributed by atoms with E-state index in [1.54, 1.807) is 32.0 Å². The number of nitrogens with zero attached hydrogens (tertiary/aromatic N) is 1. The highest BCUT2D eigenvalue weighted by molar-refractivity contribution is 6.35. The first-order valence-electron chi connectivity index (χ1n) is 6.74. The van der Waals surface area contributed by atoms with E-state index in [9.17, 15) is 4.39 Å². The van der Waals surface area contributed by atoms with Crippen molar-refractivity contribution in [1.29, 1.82) is 0 Å². The molecule has 0 aromatic heterocycles. The van der Waals surface area contributed by atoms with Gasteiger partial charge in [0.15, 0.2) is 0 Å². The lowest BCUT2D eigenvalue weighted by atomic mass is 9.89. The second-order valence-electron chi connectivity index (χ2n) is 5.99. The smallest absolute Gasteiger partial charge is 0.216 e. The van der Waals surface area contributed by atoms with Gasteiger partial charge in [0.1, 0.15) is 11.8 Å². The maximum Gasteiger partial charge on any atom is 0.216 e. The SMILES string of the molecule is CC(C)(F)[C@H]1CC[C@@H]2N=C(c3cc(Cl)cc(Cl)c3)O[C@@H]21. The summed E-state index contributed by atoms with van der Waals surface area (Å²) in [5, 5.41) is 1.08. The third-order valence-corrected chi connectivity index (χ3v) is 4.51. The molecule has 1 aromatic carbocycles. The van der Waals surface area contributed by atoms with Gasteiger partial charge in [-0.25, -0.2) is 9.38 Å². The zero-order valence-corrected chi connectivity index (χ0v) is 12.9. The second kappa shape index (κ2) is 4.88. The van der Waals surface area contributed by atoms with Crippen molar-refractivity contribution in [3.63, 3.8) is 0 Å². The molecule has 3 rings (SSSR count). The van der Waals surface area contributed by atoms with Crippen molar-refractivity contribution in [1.82, 2.24) is 0 Å². The van der Waals surface area contributed by atoms with Crippen LogP contribution >= 0.6 is 23.2 Å². The van der Waals surface area contributed by atoms with Crippen LogP contribution in [0.5, 0.6) is 0 Å². The first kappa shape index (κ1) is 14.2. The van der Waals surface area contributed by atoms with E-state index in [1.807, 2.05) is 0 Å². The molecular formula is C15H16Cl2FNO. The van der Waals surface area contributed by atoms with Gasteiger partial charge in [0.25, 0.3) is 0 Å². The normalized spacial score (nSPS) is 29.1. The molecule has 2 nitrogen and oxygen atoms in total. The first-order chi connectivity index (χ1) is 9.34. The predicted octanol–water partition coefficient (Wildman–Crippen LogP) is 4.67. The number of halogens is 3. The van der Waals surface area contributed by atoms with Crippen molar-refractivity contribution >= 4 is 29.1 Å². The van der Waals surface area contributed by atoms with E-state index >= 15 is 0 Å². The molecule has 1 heterocycles. The second-order valence-corrected chi connectivity index (χ2v) is 6.86. The fourth-order valence-corrected chi connectivity index (χ4v) is 3.64. The number of alkyl halides is 1. The Labute approximate surface area is 127 Å². The van der Waals surface area contributed by atoms with Crippen LogP contribution in [0.4, 0.5) is 4.39 Å². The Balaban J connectivity index is 1.86. The van der Waals surface area contributed by atoms with Gasteiger partial charge < -0.3 is 4.74 Å². The van der Waals surface area contributed by atoms with Crippen LogP contribution in [0, 0.1) is 5.92 Å². The lowest BCUT2D eigenvalue weighted by Gasteiger charge is -2.27. The van der Waals surface area contributed by atoms with E-state index in [0.29, 0.717) is 15.9 Å². The van der Waals surface area contributed by atoms with Crippen molar-refractivity contribution in [3.8, 4) is 0 Å². The molecule has 2 aliphatic rings. The lowest BCUT2D eigenvalue weighted by Crippen LogP contribution is -2.36. The maximum absolute atomic E-state index is 14.2. The minimum absolute atomic E-state index is 0.0442. The largest absolute Gasteiger partial charge is 0.471 e. The number of hydrogen-bond acceptors (Lipinski definition) is 2. The Morgan fingerprint density at radius 3 is 2.45 bits per heavy atom. The molecule has 0 bridgehead atoms. The summed E-state index contributed by atoms with van der Waals surface area (Å²) in [5.41, 5.74) is -0.497. The number of hydrogen-bond donors (Lipinski definition) is 0. The summed E-state index contributed by atoms with van der Waals surface area (Å²) in [6.07, 6.45) is 1.50. The minimum Gasteiger partial charge on any atom is -0.471 e. The molecule has 1 saturated carbocycles. The summed E-state index contributed by atoms with van der Waals surface area (Å²) in [6.45, 7) is 3.22. The van der Waals surface area contributed by atoms with Gasteiger partial charge >= 0.3 is 0 Å². The maximum atomic E-state index is 14.2. The number of rotatable bonds is 2. The number of aliphatic imine (C=N–C) groups is 1. The molecule has 0 unspecified atom stereocenters. The quantitative estimate of drug-likeness (QED) is 0.777. The topological polar surface area (TPSA) is 21.6 Å². The van der Waals surface area contributed by atoms with Gasteiger partial charge in [-0.05, 0) is 44.9 Å². The van der Waals surface area contributed by atoms with Gasteiger partial charge in [-0.3, -0.25) is 0 Å². The van der Waals surface area contributed by atoms with E-state index in [0.717, 1.165) is 18.4 Å². The fourth-order valence-electron chi connectivity index (χ4n) is 3.11. The Bertz CT molecular complexity index is 547. The summed E-state index contributed by atoms with van der Waals surface area (Å²) in [4.78, 5) is 4.58. The highest BCUT2D eigenvalue weighted by Gasteiger charge is 2.49. The molecule has 0 radical (unpaired) electrons. The lowest BCUT2D eigenvalue weighted by molar-refractivity contribution is 0.0436. The van der Waals surface area contributed by atoms with E-state index in [2.05, 4.69) is 4.99 Å². The number of fused-ring (bicyclic) bond motifs is 1. The zero-order chi connectivity index (χ0) is 14.5. The summed E-state index contributed by atoms with van der Waals surface area (Å²) < 4.78 is 20.1. The van der Waals surface area contributed by atoms with Gasteiger partial charge in [-0.1, -0.05) is 23.2 Å². The highest BCUT2D eigenvalue weighted by atomic mass is 35.5. The van der Waals surface area contributed by atoms with Crippen LogP contribution in [0.1, 0.15) is 32.3 Å². The van der Waals surface area contributed by atoms with Gasteiger partial charge in [0, 0.05) is 21.5 Å². The molecule has 20 heavy (non-hydrogen) atoms. The van der Waals surface area contributed by atoms with Crippen molar-refractivity contribution in [3.05, 3.63) is 33.8 Å². The van der Waals surface area contributed by atoms with Gasteiger partial charge in [-0.2, -0.15) is 0 Å². The van der Waals surface area contributed by atoms with Gasteiger partial charge in [0.05, 0.1) is 6.04 Å². The van der Waals surface area contributed by atoms with E-state index < -0.39 is 5.67 Å². The van der Waals surface area contributed by atoms with E-state index in [1.165, 1.54) is 0 Å². The molecule has 0 saturated heterocycles. The Hall–Kier alpha value is -0.800. The molecule has 0 N–H and O–H groups in total. The molecule has 1 aliphatic heterocycles. The van der Waals surface area contributed by atoms with Gasteiger partial charge in [-0.15, -0.1) is 0 Å². The van der Waals surface area contributed by atoms with Crippen molar-refractivity contribution in [2.75, 3.05) is 0 Å². The average molecular weight is 316 g/mol. The predicted molar refractivity (Wildman–Crippen MR) is 79.6 cm³/mol. The summed E-state index contributed by atoms with van der Waals surface area (Å²) >= 11 is 12.0. The van der Waals surface area contributed by atoms with Crippen LogP contribution in [-0.4, -0.2) is 23.7 Å². The molecule has 1 fully saturated rings. The van der Waals surface area contributed by atoms with Gasteiger partial charge in [0.2, 0.25) is 5.90 Å². The molecule has 0 spiro atoms. The average Bonchev–Trinajstić information content (AvgIpc) is 2.83. The summed E-state index contributed by atoms with van der Waals surface area (Å²) in [6, 6.07) is 5.24. The standard InChI is InChI=1S/C15H16Cl2FNO/c1-15(2,18)11-3-4-12-13(11)20-14(19-12)8-5-9(16)7-10(17)6-8/h5-7,11-13H,3-4H2,1-2H3/t11-,12-,13+/m0/s1. The fraction of sp³-hybridized carbons (Fsp3) is 0.533. The Morgan fingerprint density at radius 2 is 1.85 bits per heavy atom. The van der Waals surface area contributed by atoms with Crippen molar-refractivity contribution in [2.45, 2.75) is 44.5 Å². The molecular weight excluding hydrogens is 300 g/mol. The van der Waals surface area contributed by atoms with Crippen LogP contribution < -0.4 is 0 Å². The van der Waals surface area contributed by atoms with Crippen molar-refractivity contribution < 1.29 is 9.13 Å². The third-order valence-electron chi connectivity index (χ3n) is 4.07. The number of ether oxygens (including phenoxy) is 1. The van der Waals surface area contributed by atoms with E-state index in [4.69, 9.17) is 27.9 Å². The molecule has 0 amide bonds. The van der Waals surface area contributed by atoms with Crippen LogP contribution in [0.2, 0.25) is 10.0 Å². The first-order valence-corrected chi connectivity index (χ1v) is 7.50. The molecule has 3 atom stereocenters. The minimum atomic E-state index is -1.25. The van der Waals surface area contributed by atoms with E-state index in [-0.39, 0.29) is 18.1 Å². The zero-order valence-electron chi connectivity index (χ0n) is 11.4. The van der Waals surface area contributed by atoms with Crippen LogP contribution in [-0.2, 0) is 4.74 Å². The highest BCUT2D eigenvalue weighted by Crippen LogP contribution is 2.43. The van der Waals surface area contributed by atoms with Crippen LogP contribution in [0.25, 0.3) is 0 Å². The Kier molecular flexibility index (Phi) is 3.46. The monoisotopic (exact) mass is 315 g/mol. The molecule has 1 aromatic rings. The van der Waals surface area contributed by atoms with Crippen LogP contribution in [0.15, 0.2) is 23.2 Å². The summed E-state index contributed by atoms with van der Waals surface area (Å²) in [7, 11) is 0. The molecule has 5 heteroatoms. The Morgan fingerprint density at radius 1 is 1.20 bits per heavy atom. The van der Waals surface area contributed by atoms with Crippen LogP contribution in [0.3, 0.4) is 0 Å². The molecule has 108 valence electrons. The number of benzene rings is 1. The molecule has 1 aliphatic carbocycles. The summed E-state index contributed by atoms with van der Waals surface area (Å²) in [5.74, 6) is 0.404.